The van der Waals surface area contributed by atoms with Crippen molar-refractivity contribution in [3.8, 4) is 11.5 Å². The standard InChI is InChI=1S/C22H19ClN2O5/c1-29-18-11-12-20(19(13-18)25(27)28)30-14-21(26)24-22(15-5-3-2-4-6-15)16-7-9-17(23)10-8-16/h2-13,22H,14H2,1H3,(H,24,26). The first-order chi connectivity index (χ1) is 14.5. The lowest BCUT2D eigenvalue weighted by atomic mass is 9.99. The molecule has 3 aromatic rings. The lowest BCUT2D eigenvalue weighted by Gasteiger charge is -2.20. The number of benzene rings is 3. The number of methoxy groups -OCH3 is 1. The van der Waals surface area contributed by atoms with Crippen LogP contribution in [0.1, 0.15) is 17.2 Å². The minimum atomic E-state index is -0.587. The first kappa shape index (κ1) is 21.1. The fraction of sp³-hybridized carbons (Fsp3) is 0.136. The van der Waals surface area contributed by atoms with Crippen LogP contribution < -0.4 is 14.8 Å². The fourth-order valence-electron chi connectivity index (χ4n) is 2.89. The number of hydrogen-bond donors (Lipinski definition) is 1. The molecule has 0 spiro atoms. The molecule has 0 aliphatic rings. The van der Waals surface area contributed by atoms with Gasteiger partial charge in [0.1, 0.15) is 5.75 Å². The summed E-state index contributed by atoms with van der Waals surface area (Å²) >= 11 is 5.98. The summed E-state index contributed by atoms with van der Waals surface area (Å²) in [7, 11) is 1.41. The Morgan fingerprint density at radius 3 is 2.37 bits per heavy atom. The van der Waals surface area contributed by atoms with Crippen molar-refractivity contribution in [2.24, 2.45) is 0 Å². The number of nitro groups is 1. The molecule has 0 heterocycles. The quantitative estimate of drug-likeness (QED) is 0.421. The molecule has 7 nitrogen and oxygen atoms in total. The molecule has 154 valence electrons. The first-order valence-corrected chi connectivity index (χ1v) is 9.40. The van der Waals surface area contributed by atoms with Crippen molar-refractivity contribution in [3.05, 3.63) is 99.1 Å². The Morgan fingerprint density at radius 1 is 1.07 bits per heavy atom. The highest BCUT2D eigenvalue weighted by Gasteiger charge is 2.20. The van der Waals surface area contributed by atoms with Crippen molar-refractivity contribution in [2.45, 2.75) is 6.04 Å². The van der Waals surface area contributed by atoms with E-state index in [2.05, 4.69) is 5.32 Å². The first-order valence-electron chi connectivity index (χ1n) is 9.03. The van der Waals surface area contributed by atoms with Gasteiger partial charge >= 0.3 is 5.69 Å². The van der Waals surface area contributed by atoms with Crippen LogP contribution in [-0.4, -0.2) is 24.5 Å². The highest BCUT2D eigenvalue weighted by atomic mass is 35.5. The second-order valence-corrected chi connectivity index (χ2v) is 6.78. The zero-order valence-electron chi connectivity index (χ0n) is 16.1. The van der Waals surface area contributed by atoms with Crippen LogP contribution in [0.15, 0.2) is 72.8 Å². The Hall–Kier alpha value is -3.58. The van der Waals surface area contributed by atoms with Crippen molar-refractivity contribution in [1.29, 1.82) is 0 Å². The molecule has 3 rings (SSSR count). The Bertz CT molecular complexity index is 1030. The van der Waals surface area contributed by atoms with Gasteiger partial charge in [0.25, 0.3) is 5.91 Å². The minimum absolute atomic E-state index is 0.0151. The van der Waals surface area contributed by atoms with Crippen LogP contribution in [0.25, 0.3) is 0 Å². The molecule has 0 fully saturated rings. The molecule has 0 aromatic heterocycles. The van der Waals surface area contributed by atoms with Crippen LogP contribution in [0, 0.1) is 10.1 Å². The van der Waals surface area contributed by atoms with E-state index in [9.17, 15) is 14.9 Å². The molecule has 1 atom stereocenters. The second kappa shape index (κ2) is 9.76. The molecule has 1 N–H and O–H groups in total. The van der Waals surface area contributed by atoms with Gasteiger partial charge in [0.2, 0.25) is 0 Å². The Balaban J connectivity index is 1.76. The Labute approximate surface area is 178 Å². The highest BCUT2D eigenvalue weighted by Crippen LogP contribution is 2.31. The van der Waals surface area contributed by atoms with Gasteiger partial charge in [-0.2, -0.15) is 0 Å². The lowest BCUT2D eigenvalue weighted by Crippen LogP contribution is -2.33. The maximum Gasteiger partial charge on any atom is 0.314 e. The maximum absolute atomic E-state index is 12.6. The third-order valence-corrected chi connectivity index (χ3v) is 4.62. The fourth-order valence-corrected chi connectivity index (χ4v) is 3.02. The van der Waals surface area contributed by atoms with Crippen LogP contribution in [0.3, 0.4) is 0 Å². The molecule has 0 radical (unpaired) electrons. The van der Waals surface area contributed by atoms with E-state index in [0.29, 0.717) is 10.8 Å². The van der Waals surface area contributed by atoms with E-state index in [-0.39, 0.29) is 18.0 Å². The molecule has 0 aliphatic heterocycles. The number of nitrogens with zero attached hydrogens (tertiary/aromatic N) is 1. The minimum Gasteiger partial charge on any atom is -0.496 e. The molecular formula is C22H19ClN2O5. The third-order valence-electron chi connectivity index (χ3n) is 4.36. The predicted octanol–water partition coefficient (Wildman–Crippen LogP) is 4.54. The monoisotopic (exact) mass is 426 g/mol. The second-order valence-electron chi connectivity index (χ2n) is 6.34. The van der Waals surface area contributed by atoms with Crippen LogP contribution >= 0.6 is 11.6 Å². The van der Waals surface area contributed by atoms with Gasteiger partial charge in [-0.05, 0) is 35.4 Å². The number of carbonyl (C=O) groups is 1. The number of carbonyl (C=O) groups excluding carboxylic acids is 1. The summed E-state index contributed by atoms with van der Waals surface area (Å²) in [6.45, 7) is -0.385. The number of rotatable bonds is 8. The van der Waals surface area contributed by atoms with E-state index in [4.69, 9.17) is 21.1 Å². The number of nitro benzene ring substituents is 1. The summed E-state index contributed by atoms with van der Waals surface area (Å²) in [5.41, 5.74) is 1.44. The van der Waals surface area contributed by atoms with Gasteiger partial charge in [-0.3, -0.25) is 14.9 Å². The van der Waals surface area contributed by atoms with Crippen molar-refractivity contribution in [1.82, 2.24) is 5.32 Å². The molecule has 30 heavy (non-hydrogen) atoms. The topological polar surface area (TPSA) is 90.7 Å². The van der Waals surface area contributed by atoms with Crippen LogP contribution in [0.4, 0.5) is 5.69 Å². The smallest absolute Gasteiger partial charge is 0.314 e. The van der Waals surface area contributed by atoms with Gasteiger partial charge in [-0.15, -0.1) is 0 Å². The van der Waals surface area contributed by atoms with Gasteiger partial charge in [-0.25, -0.2) is 0 Å². The molecule has 0 saturated carbocycles. The van der Waals surface area contributed by atoms with Gasteiger partial charge in [-0.1, -0.05) is 54.1 Å². The summed E-state index contributed by atoms with van der Waals surface area (Å²) in [4.78, 5) is 23.3. The van der Waals surface area contributed by atoms with E-state index in [1.165, 1.54) is 25.3 Å². The highest BCUT2D eigenvalue weighted by molar-refractivity contribution is 6.30. The van der Waals surface area contributed by atoms with Gasteiger partial charge in [0, 0.05) is 5.02 Å². The third kappa shape index (κ3) is 5.27. The number of halogens is 1. The molecule has 3 aromatic carbocycles. The van der Waals surface area contributed by atoms with Gasteiger partial charge < -0.3 is 14.8 Å². The number of ether oxygens (including phenoxy) is 2. The van der Waals surface area contributed by atoms with Crippen LogP contribution in [-0.2, 0) is 4.79 Å². The van der Waals surface area contributed by atoms with E-state index in [1.54, 1.807) is 12.1 Å². The molecule has 0 bridgehead atoms. The van der Waals surface area contributed by atoms with E-state index >= 15 is 0 Å². The Kier molecular flexibility index (Phi) is 6.87. The number of nitrogens with one attached hydrogen (secondary N) is 1. The summed E-state index contributed by atoms with van der Waals surface area (Å²) < 4.78 is 10.4. The SMILES string of the molecule is COc1ccc(OCC(=O)NC(c2ccccc2)c2ccc(Cl)cc2)c([N+](=O)[O-])c1. The predicted molar refractivity (Wildman–Crippen MR) is 113 cm³/mol. The average molecular weight is 427 g/mol. The van der Waals surface area contributed by atoms with Gasteiger partial charge in [0.05, 0.1) is 24.1 Å². The zero-order valence-corrected chi connectivity index (χ0v) is 16.8. The number of amides is 1. The summed E-state index contributed by atoms with van der Waals surface area (Å²) in [5.74, 6) is -0.118. The molecule has 1 amide bonds. The molecular weight excluding hydrogens is 408 g/mol. The maximum atomic E-state index is 12.6. The lowest BCUT2D eigenvalue weighted by molar-refractivity contribution is -0.385. The number of hydrogen-bond acceptors (Lipinski definition) is 5. The summed E-state index contributed by atoms with van der Waals surface area (Å²) in [6.07, 6.45) is 0. The largest absolute Gasteiger partial charge is 0.496 e. The van der Waals surface area contributed by atoms with Crippen LogP contribution in [0.2, 0.25) is 5.02 Å². The van der Waals surface area contributed by atoms with Crippen molar-refractivity contribution in [3.63, 3.8) is 0 Å². The van der Waals surface area contributed by atoms with E-state index < -0.39 is 16.9 Å². The summed E-state index contributed by atoms with van der Waals surface area (Å²) in [5, 5.41) is 14.8. The van der Waals surface area contributed by atoms with Crippen molar-refractivity contribution >= 4 is 23.2 Å². The molecule has 0 saturated heterocycles. The van der Waals surface area contributed by atoms with Crippen LogP contribution in [0.5, 0.6) is 11.5 Å². The molecule has 0 aliphatic carbocycles. The average Bonchev–Trinajstić information content (AvgIpc) is 2.77. The van der Waals surface area contributed by atoms with E-state index in [0.717, 1.165) is 11.1 Å². The van der Waals surface area contributed by atoms with Crippen molar-refractivity contribution < 1.29 is 19.2 Å². The zero-order chi connectivity index (χ0) is 21.5. The van der Waals surface area contributed by atoms with Gasteiger partial charge in [0.15, 0.2) is 12.4 Å². The van der Waals surface area contributed by atoms with E-state index in [1.807, 2.05) is 42.5 Å². The van der Waals surface area contributed by atoms with Crippen molar-refractivity contribution in [2.75, 3.05) is 13.7 Å². The summed E-state index contributed by atoms with van der Waals surface area (Å²) in [6, 6.07) is 20.3. The molecule has 1 unspecified atom stereocenters. The normalized spacial score (nSPS) is 11.4. The Morgan fingerprint density at radius 2 is 1.73 bits per heavy atom. The molecule has 8 heteroatoms.